The van der Waals surface area contributed by atoms with Gasteiger partial charge in [-0.05, 0) is 12.0 Å². The predicted molar refractivity (Wildman–Crippen MR) is 64.2 cm³/mol. The van der Waals surface area contributed by atoms with E-state index >= 15 is 0 Å². The molecule has 3 heteroatoms. The van der Waals surface area contributed by atoms with Crippen molar-refractivity contribution in [2.24, 2.45) is 0 Å². The van der Waals surface area contributed by atoms with Crippen molar-refractivity contribution in [2.45, 2.75) is 19.4 Å². The lowest BCUT2D eigenvalue weighted by atomic mass is 10.0. The largest absolute Gasteiger partial charge is 0.337 e. The molecule has 1 saturated heterocycles. The van der Waals surface area contributed by atoms with Crippen LogP contribution in [0.2, 0.25) is 0 Å². The highest BCUT2D eigenvalue weighted by Gasteiger charge is 2.23. The zero-order valence-corrected chi connectivity index (χ0v) is 9.65. The smallest absolute Gasteiger partial charge is 0.219 e. The van der Waals surface area contributed by atoms with Crippen molar-refractivity contribution in [1.29, 1.82) is 0 Å². The molecule has 2 rings (SSSR count). The van der Waals surface area contributed by atoms with Crippen LogP contribution in [0.25, 0.3) is 0 Å². The molecule has 86 valence electrons. The Morgan fingerprint density at radius 3 is 2.88 bits per heavy atom. The summed E-state index contributed by atoms with van der Waals surface area (Å²) in [7, 11) is 0. The lowest BCUT2D eigenvalue weighted by molar-refractivity contribution is -0.131. The van der Waals surface area contributed by atoms with Gasteiger partial charge >= 0.3 is 0 Å². The number of piperazine rings is 1. The Bertz CT molecular complexity index is 350. The maximum absolute atomic E-state index is 11.5. The van der Waals surface area contributed by atoms with E-state index in [1.54, 1.807) is 6.92 Å². The van der Waals surface area contributed by atoms with Crippen LogP contribution in [0.5, 0.6) is 0 Å². The average molecular weight is 218 g/mol. The van der Waals surface area contributed by atoms with Gasteiger partial charge in [0.05, 0.1) is 0 Å². The van der Waals surface area contributed by atoms with Gasteiger partial charge in [0.1, 0.15) is 0 Å². The molecule has 1 unspecified atom stereocenters. The van der Waals surface area contributed by atoms with E-state index in [4.69, 9.17) is 0 Å². The quantitative estimate of drug-likeness (QED) is 0.804. The highest BCUT2D eigenvalue weighted by Crippen LogP contribution is 2.11. The van der Waals surface area contributed by atoms with E-state index in [0.29, 0.717) is 6.04 Å². The number of rotatable bonds is 2. The van der Waals surface area contributed by atoms with Crippen LogP contribution in [0, 0.1) is 0 Å². The van der Waals surface area contributed by atoms with Crippen molar-refractivity contribution in [3.05, 3.63) is 35.9 Å². The zero-order valence-electron chi connectivity index (χ0n) is 9.65. The normalized spacial score (nSPS) is 20.8. The molecule has 0 saturated carbocycles. The summed E-state index contributed by atoms with van der Waals surface area (Å²) >= 11 is 0. The van der Waals surface area contributed by atoms with E-state index in [-0.39, 0.29) is 5.91 Å². The first-order chi connectivity index (χ1) is 7.77. The van der Waals surface area contributed by atoms with Crippen LogP contribution in [0.15, 0.2) is 30.3 Å². The number of carbonyl (C=O) groups excluding carboxylic acids is 1. The standard InChI is InChI=1S/C13H18N2O/c1-11(16)15-8-7-14-10-13(15)9-12-5-3-2-4-6-12/h2-6,13-14H,7-10H2,1H3. The number of hydrogen-bond donors (Lipinski definition) is 1. The highest BCUT2D eigenvalue weighted by molar-refractivity contribution is 5.73. The van der Waals surface area contributed by atoms with Gasteiger partial charge in [-0.1, -0.05) is 30.3 Å². The fourth-order valence-electron chi connectivity index (χ4n) is 2.24. The Labute approximate surface area is 96.5 Å². The molecule has 1 atom stereocenters. The zero-order chi connectivity index (χ0) is 11.4. The minimum Gasteiger partial charge on any atom is -0.337 e. The fourth-order valence-corrected chi connectivity index (χ4v) is 2.24. The summed E-state index contributed by atoms with van der Waals surface area (Å²) in [5.41, 5.74) is 1.29. The van der Waals surface area contributed by atoms with Crippen LogP contribution >= 0.6 is 0 Å². The number of amides is 1. The second kappa shape index (κ2) is 5.12. The minimum absolute atomic E-state index is 0.183. The van der Waals surface area contributed by atoms with Crippen molar-refractivity contribution in [3.8, 4) is 0 Å². The summed E-state index contributed by atoms with van der Waals surface area (Å²) in [4.78, 5) is 13.5. The maximum Gasteiger partial charge on any atom is 0.219 e. The van der Waals surface area contributed by atoms with Crippen molar-refractivity contribution < 1.29 is 4.79 Å². The SMILES string of the molecule is CC(=O)N1CCNCC1Cc1ccccc1. The van der Waals surface area contributed by atoms with E-state index in [0.717, 1.165) is 26.1 Å². The first kappa shape index (κ1) is 11.1. The van der Waals surface area contributed by atoms with Crippen LogP contribution in [-0.2, 0) is 11.2 Å². The molecule has 0 bridgehead atoms. The monoisotopic (exact) mass is 218 g/mol. The molecule has 0 aliphatic carbocycles. The van der Waals surface area contributed by atoms with Gasteiger partial charge in [0.15, 0.2) is 0 Å². The van der Waals surface area contributed by atoms with Gasteiger partial charge in [-0.3, -0.25) is 4.79 Å². The van der Waals surface area contributed by atoms with Crippen molar-refractivity contribution in [2.75, 3.05) is 19.6 Å². The van der Waals surface area contributed by atoms with E-state index in [9.17, 15) is 4.79 Å². The van der Waals surface area contributed by atoms with Crippen molar-refractivity contribution in [3.63, 3.8) is 0 Å². The molecule has 0 aromatic heterocycles. The van der Waals surface area contributed by atoms with Gasteiger partial charge in [-0.2, -0.15) is 0 Å². The Hall–Kier alpha value is -1.35. The molecule has 1 fully saturated rings. The van der Waals surface area contributed by atoms with E-state index in [2.05, 4.69) is 17.4 Å². The number of benzene rings is 1. The van der Waals surface area contributed by atoms with Crippen molar-refractivity contribution in [1.82, 2.24) is 10.2 Å². The Morgan fingerprint density at radius 2 is 2.19 bits per heavy atom. The summed E-state index contributed by atoms with van der Waals surface area (Å²) in [6, 6.07) is 10.6. The summed E-state index contributed by atoms with van der Waals surface area (Å²) in [5.74, 6) is 0.183. The van der Waals surface area contributed by atoms with E-state index in [1.165, 1.54) is 5.56 Å². The molecule has 1 heterocycles. The molecule has 16 heavy (non-hydrogen) atoms. The van der Waals surface area contributed by atoms with Gasteiger partial charge in [0.2, 0.25) is 5.91 Å². The number of nitrogens with one attached hydrogen (secondary N) is 1. The average Bonchev–Trinajstić information content (AvgIpc) is 2.31. The van der Waals surface area contributed by atoms with Crippen molar-refractivity contribution >= 4 is 5.91 Å². The lowest BCUT2D eigenvalue weighted by Gasteiger charge is -2.35. The van der Waals surface area contributed by atoms with Gasteiger partial charge in [-0.25, -0.2) is 0 Å². The summed E-state index contributed by atoms with van der Waals surface area (Å²) in [6.45, 7) is 4.29. The molecule has 1 aromatic rings. The summed E-state index contributed by atoms with van der Waals surface area (Å²) < 4.78 is 0. The third kappa shape index (κ3) is 2.61. The van der Waals surface area contributed by atoms with Crippen LogP contribution < -0.4 is 5.32 Å². The van der Waals surface area contributed by atoms with Crippen LogP contribution in [0.4, 0.5) is 0 Å². The van der Waals surface area contributed by atoms with Gasteiger partial charge in [-0.15, -0.1) is 0 Å². The van der Waals surface area contributed by atoms with E-state index < -0.39 is 0 Å². The van der Waals surface area contributed by atoms with Gasteiger partial charge in [0, 0.05) is 32.6 Å². The third-order valence-electron chi connectivity index (χ3n) is 3.07. The molecule has 1 amide bonds. The molecular formula is C13H18N2O. The lowest BCUT2D eigenvalue weighted by Crippen LogP contribution is -2.53. The van der Waals surface area contributed by atoms with Gasteiger partial charge in [0.25, 0.3) is 0 Å². The number of carbonyl (C=O) groups is 1. The van der Waals surface area contributed by atoms with Crippen LogP contribution in [-0.4, -0.2) is 36.5 Å². The predicted octanol–water partition coefficient (Wildman–Crippen LogP) is 1.05. The molecule has 0 radical (unpaired) electrons. The highest BCUT2D eigenvalue weighted by atomic mass is 16.2. The Kier molecular flexibility index (Phi) is 3.57. The van der Waals surface area contributed by atoms with Crippen LogP contribution in [0.3, 0.4) is 0 Å². The summed E-state index contributed by atoms with van der Waals surface area (Å²) in [6.07, 6.45) is 0.938. The molecule has 1 N–H and O–H groups in total. The molecule has 0 spiro atoms. The van der Waals surface area contributed by atoms with Crippen LogP contribution in [0.1, 0.15) is 12.5 Å². The topological polar surface area (TPSA) is 32.3 Å². The second-order valence-electron chi connectivity index (χ2n) is 4.26. The molecule has 1 aliphatic heterocycles. The number of nitrogens with zero attached hydrogens (tertiary/aromatic N) is 1. The minimum atomic E-state index is 0.183. The first-order valence-electron chi connectivity index (χ1n) is 5.79. The third-order valence-corrected chi connectivity index (χ3v) is 3.07. The molecule has 3 nitrogen and oxygen atoms in total. The first-order valence-corrected chi connectivity index (χ1v) is 5.79. The Morgan fingerprint density at radius 1 is 1.44 bits per heavy atom. The number of hydrogen-bond acceptors (Lipinski definition) is 2. The molecule has 1 aliphatic rings. The molecule has 1 aromatic carbocycles. The van der Waals surface area contributed by atoms with Gasteiger partial charge < -0.3 is 10.2 Å². The fraction of sp³-hybridized carbons (Fsp3) is 0.462. The Balaban J connectivity index is 2.04. The second-order valence-corrected chi connectivity index (χ2v) is 4.26. The summed E-state index contributed by atoms with van der Waals surface area (Å²) in [5, 5.41) is 3.35. The molecular weight excluding hydrogens is 200 g/mol. The maximum atomic E-state index is 11.5. The van der Waals surface area contributed by atoms with E-state index in [1.807, 2.05) is 23.1 Å².